The number of ether oxygens (including phenoxy) is 1. The maximum absolute atomic E-state index is 10.3. The van der Waals surface area contributed by atoms with Gasteiger partial charge in [0.2, 0.25) is 0 Å². The van der Waals surface area contributed by atoms with E-state index < -0.39 is 0 Å². The van der Waals surface area contributed by atoms with Crippen molar-refractivity contribution in [1.29, 1.82) is 0 Å². The van der Waals surface area contributed by atoms with Gasteiger partial charge in [-0.15, -0.1) is 0 Å². The Labute approximate surface area is 65.0 Å². The van der Waals surface area contributed by atoms with Gasteiger partial charge in [0.25, 0.3) is 0 Å². The Kier molecular flexibility index (Phi) is 2.21. The lowest BCUT2D eigenvalue weighted by molar-refractivity contribution is 0.112. The number of methoxy groups -OCH3 is 1. The molecule has 0 radical (unpaired) electrons. The minimum absolute atomic E-state index is 0.535. The number of nitrogens with zero attached hydrogens (tertiary/aromatic N) is 1. The number of carbonyl (C=O) groups is 1. The Bertz CT molecular complexity index is 271. The highest BCUT2D eigenvalue weighted by molar-refractivity contribution is 5.74. The van der Waals surface area contributed by atoms with Gasteiger partial charge in [-0.05, 0) is 13.0 Å². The predicted octanol–water partition coefficient (Wildman–Crippen LogP) is 1.21. The topological polar surface area (TPSA) is 39.2 Å². The zero-order valence-electron chi connectivity index (χ0n) is 6.50. The van der Waals surface area contributed by atoms with Crippen molar-refractivity contribution in [2.45, 2.75) is 6.92 Å². The lowest BCUT2D eigenvalue weighted by atomic mass is 10.2. The number of aryl methyl sites for hydroxylation is 1. The molecule has 0 N–H and O–H groups in total. The van der Waals surface area contributed by atoms with Gasteiger partial charge in [0, 0.05) is 11.8 Å². The molecule has 0 saturated heterocycles. The van der Waals surface area contributed by atoms with Crippen molar-refractivity contribution in [2.24, 2.45) is 0 Å². The second-order valence-electron chi connectivity index (χ2n) is 2.17. The van der Waals surface area contributed by atoms with Crippen LogP contribution in [0.3, 0.4) is 0 Å². The van der Waals surface area contributed by atoms with Gasteiger partial charge in [0.05, 0.1) is 12.8 Å². The van der Waals surface area contributed by atoms with E-state index in [9.17, 15) is 4.79 Å². The molecule has 0 aliphatic carbocycles. The first-order valence-electron chi connectivity index (χ1n) is 3.23. The minimum atomic E-state index is 0.535. The summed E-state index contributed by atoms with van der Waals surface area (Å²) in [5.74, 6) is 0.648. The quantitative estimate of drug-likeness (QED) is 0.596. The molecule has 3 nitrogen and oxygen atoms in total. The molecule has 0 atom stereocenters. The van der Waals surface area contributed by atoms with Crippen molar-refractivity contribution in [2.75, 3.05) is 7.11 Å². The molecule has 0 spiro atoms. The highest BCUT2D eigenvalue weighted by Gasteiger charge is 1.99. The Balaban J connectivity index is 3.12. The van der Waals surface area contributed by atoms with Crippen LogP contribution >= 0.6 is 0 Å². The van der Waals surface area contributed by atoms with Crippen molar-refractivity contribution in [1.82, 2.24) is 4.98 Å². The smallest absolute Gasteiger partial charge is 0.151 e. The lowest BCUT2D eigenvalue weighted by Crippen LogP contribution is -1.92. The third-order valence-electron chi connectivity index (χ3n) is 1.42. The largest absolute Gasteiger partial charge is 0.495 e. The highest BCUT2D eigenvalue weighted by atomic mass is 16.5. The highest BCUT2D eigenvalue weighted by Crippen LogP contribution is 2.14. The number of carbonyl (C=O) groups excluding carboxylic acids is 1. The fraction of sp³-hybridized carbons (Fsp3) is 0.250. The first-order valence-corrected chi connectivity index (χ1v) is 3.23. The number of hydrogen-bond donors (Lipinski definition) is 0. The molecule has 0 unspecified atom stereocenters. The number of hydrogen-bond acceptors (Lipinski definition) is 3. The monoisotopic (exact) mass is 151 g/mol. The average Bonchev–Trinajstić information content (AvgIpc) is 2.05. The standard InChI is InChI=1S/C8H9NO2/c1-6-8(11-2)3-7(5-10)4-9-6/h3-5H,1-2H3. The second-order valence-corrected chi connectivity index (χ2v) is 2.17. The summed E-state index contributed by atoms with van der Waals surface area (Å²) in [6.45, 7) is 1.83. The van der Waals surface area contributed by atoms with Crippen LogP contribution in [0.5, 0.6) is 5.75 Å². The summed E-state index contributed by atoms with van der Waals surface area (Å²) >= 11 is 0. The molecular weight excluding hydrogens is 142 g/mol. The number of rotatable bonds is 2. The van der Waals surface area contributed by atoms with E-state index in [1.807, 2.05) is 6.92 Å². The molecule has 0 aromatic carbocycles. The normalized spacial score (nSPS) is 9.27. The molecule has 0 aliphatic heterocycles. The Morgan fingerprint density at radius 1 is 1.64 bits per heavy atom. The van der Waals surface area contributed by atoms with Gasteiger partial charge in [0.1, 0.15) is 5.75 Å². The maximum atomic E-state index is 10.3. The van der Waals surface area contributed by atoms with Crippen LogP contribution in [-0.2, 0) is 0 Å². The first-order chi connectivity index (χ1) is 5.27. The first kappa shape index (κ1) is 7.72. The van der Waals surface area contributed by atoms with Crippen LogP contribution < -0.4 is 4.74 Å². The summed E-state index contributed by atoms with van der Waals surface area (Å²) in [7, 11) is 1.55. The molecule has 11 heavy (non-hydrogen) atoms. The van der Waals surface area contributed by atoms with Crippen molar-refractivity contribution in [3.05, 3.63) is 23.5 Å². The third kappa shape index (κ3) is 1.55. The van der Waals surface area contributed by atoms with Gasteiger partial charge in [-0.1, -0.05) is 0 Å². The van der Waals surface area contributed by atoms with E-state index in [1.165, 1.54) is 6.20 Å². The summed E-state index contributed by atoms with van der Waals surface area (Å²) in [5, 5.41) is 0. The van der Waals surface area contributed by atoms with Crippen LogP contribution in [0, 0.1) is 6.92 Å². The van der Waals surface area contributed by atoms with E-state index >= 15 is 0 Å². The molecule has 1 aromatic heterocycles. The Morgan fingerprint density at radius 3 is 2.91 bits per heavy atom. The molecule has 58 valence electrons. The zero-order chi connectivity index (χ0) is 8.27. The fourth-order valence-electron chi connectivity index (χ4n) is 0.799. The average molecular weight is 151 g/mol. The van der Waals surface area contributed by atoms with Crippen molar-refractivity contribution in [3.63, 3.8) is 0 Å². The van der Waals surface area contributed by atoms with Crippen molar-refractivity contribution < 1.29 is 9.53 Å². The van der Waals surface area contributed by atoms with Gasteiger partial charge in [-0.25, -0.2) is 0 Å². The zero-order valence-corrected chi connectivity index (χ0v) is 6.50. The number of pyridine rings is 1. The molecule has 0 saturated carbocycles. The molecule has 0 amide bonds. The van der Waals surface area contributed by atoms with E-state index in [-0.39, 0.29) is 0 Å². The molecule has 1 heterocycles. The minimum Gasteiger partial charge on any atom is -0.495 e. The molecule has 1 rings (SSSR count). The van der Waals surface area contributed by atoms with Crippen LogP contribution in [0.2, 0.25) is 0 Å². The van der Waals surface area contributed by atoms with Gasteiger partial charge in [-0.2, -0.15) is 0 Å². The van der Waals surface area contributed by atoms with Crippen LogP contribution in [0.1, 0.15) is 16.1 Å². The molecule has 1 aromatic rings. The molecular formula is C8H9NO2. The Morgan fingerprint density at radius 2 is 2.36 bits per heavy atom. The van der Waals surface area contributed by atoms with E-state index in [0.717, 1.165) is 12.0 Å². The van der Waals surface area contributed by atoms with E-state index in [1.54, 1.807) is 13.2 Å². The molecule has 3 heteroatoms. The van der Waals surface area contributed by atoms with E-state index in [2.05, 4.69) is 4.98 Å². The fourth-order valence-corrected chi connectivity index (χ4v) is 0.799. The SMILES string of the molecule is COc1cc(C=O)cnc1C. The number of aldehydes is 1. The predicted molar refractivity (Wildman–Crippen MR) is 40.9 cm³/mol. The van der Waals surface area contributed by atoms with E-state index in [4.69, 9.17) is 4.74 Å². The van der Waals surface area contributed by atoms with Crippen LogP contribution in [0.4, 0.5) is 0 Å². The van der Waals surface area contributed by atoms with Gasteiger partial charge < -0.3 is 4.74 Å². The Hall–Kier alpha value is -1.38. The summed E-state index contributed by atoms with van der Waals surface area (Å²) in [5.41, 5.74) is 1.32. The van der Waals surface area contributed by atoms with Gasteiger partial charge >= 0.3 is 0 Å². The number of aromatic nitrogens is 1. The second kappa shape index (κ2) is 3.14. The van der Waals surface area contributed by atoms with E-state index in [0.29, 0.717) is 11.3 Å². The summed E-state index contributed by atoms with van der Waals surface area (Å²) in [6.07, 6.45) is 2.26. The lowest BCUT2D eigenvalue weighted by Gasteiger charge is -2.02. The molecule has 0 aliphatic rings. The van der Waals surface area contributed by atoms with Crippen molar-refractivity contribution in [3.8, 4) is 5.75 Å². The van der Waals surface area contributed by atoms with Crippen LogP contribution in [0.25, 0.3) is 0 Å². The van der Waals surface area contributed by atoms with Crippen molar-refractivity contribution >= 4 is 6.29 Å². The maximum Gasteiger partial charge on any atom is 0.151 e. The summed E-state index contributed by atoms with van der Waals surface area (Å²) in [4.78, 5) is 14.3. The third-order valence-corrected chi connectivity index (χ3v) is 1.42. The van der Waals surface area contributed by atoms with Gasteiger partial charge in [-0.3, -0.25) is 9.78 Å². The summed E-state index contributed by atoms with van der Waals surface area (Å²) < 4.78 is 4.97. The molecule has 0 bridgehead atoms. The molecule has 0 fully saturated rings. The van der Waals surface area contributed by atoms with Crippen LogP contribution in [-0.4, -0.2) is 18.4 Å². The van der Waals surface area contributed by atoms with Crippen LogP contribution in [0.15, 0.2) is 12.3 Å². The summed E-state index contributed by atoms with van der Waals surface area (Å²) in [6, 6.07) is 1.66. The van der Waals surface area contributed by atoms with Gasteiger partial charge in [0.15, 0.2) is 6.29 Å².